The van der Waals surface area contributed by atoms with Crippen LogP contribution in [0.4, 0.5) is 8.78 Å². The molecule has 14 heavy (non-hydrogen) atoms. The molecule has 0 aromatic carbocycles. The molecule has 0 aliphatic heterocycles. The Kier molecular flexibility index (Phi) is 4.75. The number of rotatable bonds is 7. The Labute approximate surface area is 84.0 Å². The molecule has 0 atom stereocenters. The zero-order valence-electron chi connectivity index (χ0n) is 8.69. The van der Waals surface area contributed by atoms with Crippen molar-refractivity contribution in [2.45, 2.75) is 44.6 Å². The molecule has 0 bridgehead atoms. The molecule has 0 heterocycles. The van der Waals surface area contributed by atoms with E-state index in [2.05, 4.69) is 5.32 Å². The highest BCUT2D eigenvalue weighted by atomic mass is 19.3. The van der Waals surface area contributed by atoms with Crippen molar-refractivity contribution in [1.82, 2.24) is 5.32 Å². The van der Waals surface area contributed by atoms with Gasteiger partial charge in [-0.15, -0.1) is 0 Å². The molecule has 0 saturated heterocycles. The molecule has 1 aliphatic carbocycles. The number of hydrogen-bond acceptors (Lipinski definition) is 2. The van der Waals surface area contributed by atoms with E-state index in [4.69, 9.17) is 4.74 Å². The van der Waals surface area contributed by atoms with Gasteiger partial charge in [0, 0.05) is 0 Å². The normalized spacial score (nSPS) is 19.7. The Bertz CT molecular complexity index is 160. The van der Waals surface area contributed by atoms with Gasteiger partial charge >= 0.3 is 0 Å². The van der Waals surface area contributed by atoms with Gasteiger partial charge in [0.05, 0.1) is 5.60 Å². The van der Waals surface area contributed by atoms with E-state index >= 15 is 0 Å². The summed E-state index contributed by atoms with van der Waals surface area (Å²) in [5.41, 5.74) is -0.238. The van der Waals surface area contributed by atoms with Gasteiger partial charge in [-0.05, 0) is 38.8 Å². The van der Waals surface area contributed by atoms with E-state index in [1.165, 1.54) is 0 Å². The summed E-state index contributed by atoms with van der Waals surface area (Å²) < 4.78 is 29.2. The SMILES string of the molecule is CCNCCC1(OCC(F)F)CCC1. The van der Waals surface area contributed by atoms with Crippen molar-refractivity contribution in [2.75, 3.05) is 19.7 Å². The quantitative estimate of drug-likeness (QED) is 0.646. The number of hydrogen-bond donors (Lipinski definition) is 1. The van der Waals surface area contributed by atoms with Crippen LogP contribution in [0.2, 0.25) is 0 Å². The Morgan fingerprint density at radius 3 is 2.57 bits per heavy atom. The smallest absolute Gasteiger partial charge is 0.261 e. The standard InChI is InChI=1S/C10H19F2NO/c1-2-13-7-6-10(4-3-5-10)14-8-9(11)12/h9,13H,2-8H2,1H3. The van der Waals surface area contributed by atoms with E-state index in [1.807, 2.05) is 6.92 Å². The molecule has 0 aromatic heterocycles. The van der Waals surface area contributed by atoms with Crippen LogP contribution in [-0.2, 0) is 4.74 Å². The molecule has 1 fully saturated rings. The first kappa shape index (κ1) is 11.9. The van der Waals surface area contributed by atoms with Crippen LogP contribution in [0.1, 0.15) is 32.6 Å². The van der Waals surface area contributed by atoms with Crippen LogP contribution in [0.3, 0.4) is 0 Å². The summed E-state index contributed by atoms with van der Waals surface area (Å²) in [6, 6.07) is 0. The largest absolute Gasteiger partial charge is 0.369 e. The first-order valence-corrected chi connectivity index (χ1v) is 5.31. The van der Waals surface area contributed by atoms with E-state index in [-0.39, 0.29) is 5.60 Å². The second-order valence-corrected chi connectivity index (χ2v) is 3.84. The molecule has 1 saturated carbocycles. The Morgan fingerprint density at radius 2 is 2.14 bits per heavy atom. The van der Waals surface area contributed by atoms with E-state index in [0.29, 0.717) is 0 Å². The highest BCUT2D eigenvalue weighted by molar-refractivity contribution is 4.90. The molecule has 0 spiro atoms. The fourth-order valence-corrected chi connectivity index (χ4v) is 1.77. The van der Waals surface area contributed by atoms with Crippen LogP contribution in [0.25, 0.3) is 0 Å². The molecule has 84 valence electrons. The monoisotopic (exact) mass is 207 g/mol. The summed E-state index contributed by atoms with van der Waals surface area (Å²) in [6.07, 6.45) is 1.49. The Morgan fingerprint density at radius 1 is 1.43 bits per heavy atom. The first-order chi connectivity index (χ1) is 6.68. The van der Waals surface area contributed by atoms with Gasteiger partial charge in [-0.2, -0.15) is 0 Å². The van der Waals surface area contributed by atoms with Crippen molar-refractivity contribution in [3.8, 4) is 0 Å². The van der Waals surface area contributed by atoms with Crippen molar-refractivity contribution in [3.63, 3.8) is 0 Å². The molecule has 0 amide bonds. The maximum Gasteiger partial charge on any atom is 0.261 e. The third-order valence-electron chi connectivity index (χ3n) is 2.79. The number of ether oxygens (including phenoxy) is 1. The van der Waals surface area contributed by atoms with Crippen molar-refractivity contribution in [2.24, 2.45) is 0 Å². The van der Waals surface area contributed by atoms with Gasteiger partial charge < -0.3 is 10.1 Å². The van der Waals surface area contributed by atoms with Crippen LogP contribution < -0.4 is 5.32 Å². The highest BCUT2D eigenvalue weighted by Gasteiger charge is 2.37. The van der Waals surface area contributed by atoms with Crippen molar-refractivity contribution in [1.29, 1.82) is 0 Å². The molecule has 1 N–H and O–H groups in total. The summed E-state index contributed by atoms with van der Waals surface area (Å²) in [7, 11) is 0. The molecule has 1 rings (SSSR count). The minimum Gasteiger partial charge on any atom is -0.369 e. The number of halogens is 2. The fourth-order valence-electron chi connectivity index (χ4n) is 1.77. The lowest BCUT2D eigenvalue weighted by Gasteiger charge is -2.41. The molecule has 1 aliphatic rings. The van der Waals surface area contributed by atoms with Gasteiger partial charge in [0.25, 0.3) is 6.43 Å². The molecular weight excluding hydrogens is 188 g/mol. The van der Waals surface area contributed by atoms with E-state index < -0.39 is 13.0 Å². The van der Waals surface area contributed by atoms with Gasteiger partial charge in [0.1, 0.15) is 6.61 Å². The van der Waals surface area contributed by atoms with Gasteiger partial charge in [-0.3, -0.25) is 0 Å². The lowest BCUT2D eigenvalue weighted by atomic mass is 9.77. The zero-order chi connectivity index (χ0) is 10.4. The van der Waals surface area contributed by atoms with E-state index in [0.717, 1.165) is 38.8 Å². The van der Waals surface area contributed by atoms with Crippen molar-refractivity contribution >= 4 is 0 Å². The van der Waals surface area contributed by atoms with Gasteiger partial charge in [0.15, 0.2) is 0 Å². The van der Waals surface area contributed by atoms with Gasteiger partial charge in [0.2, 0.25) is 0 Å². The molecular formula is C10H19F2NO. The lowest BCUT2D eigenvalue weighted by Crippen LogP contribution is -2.43. The fraction of sp³-hybridized carbons (Fsp3) is 1.00. The van der Waals surface area contributed by atoms with Gasteiger partial charge in [-0.25, -0.2) is 8.78 Å². The van der Waals surface area contributed by atoms with Crippen LogP contribution >= 0.6 is 0 Å². The first-order valence-electron chi connectivity index (χ1n) is 5.31. The summed E-state index contributed by atoms with van der Waals surface area (Å²) in [5.74, 6) is 0. The maximum atomic E-state index is 12.0. The second-order valence-electron chi connectivity index (χ2n) is 3.84. The zero-order valence-corrected chi connectivity index (χ0v) is 8.69. The van der Waals surface area contributed by atoms with Crippen LogP contribution in [-0.4, -0.2) is 31.7 Å². The highest BCUT2D eigenvalue weighted by Crippen LogP contribution is 2.38. The minimum absolute atomic E-state index is 0.238. The minimum atomic E-state index is -2.34. The number of alkyl halides is 2. The van der Waals surface area contributed by atoms with E-state index in [1.54, 1.807) is 0 Å². The van der Waals surface area contributed by atoms with Gasteiger partial charge in [-0.1, -0.05) is 6.92 Å². The molecule has 2 nitrogen and oxygen atoms in total. The number of nitrogens with one attached hydrogen (secondary N) is 1. The summed E-state index contributed by atoms with van der Waals surface area (Å²) in [6.45, 7) is 3.41. The Balaban J connectivity index is 2.19. The van der Waals surface area contributed by atoms with Crippen LogP contribution in [0.5, 0.6) is 0 Å². The lowest BCUT2D eigenvalue weighted by molar-refractivity contribution is -0.133. The average Bonchev–Trinajstić information content (AvgIpc) is 2.08. The van der Waals surface area contributed by atoms with Crippen LogP contribution in [0, 0.1) is 0 Å². The van der Waals surface area contributed by atoms with Crippen LogP contribution in [0.15, 0.2) is 0 Å². The molecule has 4 heteroatoms. The predicted octanol–water partition coefficient (Wildman–Crippen LogP) is 2.19. The third kappa shape index (κ3) is 3.50. The Hall–Kier alpha value is -0.220. The van der Waals surface area contributed by atoms with E-state index in [9.17, 15) is 8.78 Å². The summed E-state index contributed by atoms with van der Waals surface area (Å²) in [4.78, 5) is 0. The predicted molar refractivity (Wildman–Crippen MR) is 51.7 cm³/mol. The topological polar surface area (TPSA) is 21.3 Å². The second kappa shape index (κ2) is 5.61. The average molecular weight is 207 g/mol. The van der Waals surface area contributed by atoms with Crippen molar-refractivity contribution in [3.05, 3.63) is 0 Å². The summed E-state index contributed by atoms with van der Waals surface area (Å²) in [5, 5.41) is 3.19. The molecule has 0 unspecified atom stereocenters. The maximum absolute atomic E-state index is 12.0. The van der Waals surface area contributed by atoms with Crippen molar-refractivity contribution < 1.29 is 13.5 Å². The summed E-state index contributed by atoms with van der Waals surface area (Å²) >= 11 is 0. The molecule has 0 radical (unpaired) electrons. The third-order valence-corrected chi connectivity index (χ3v) is 2.79. The molecule has 0 aromatic rings.